The predicted octanol–water partition coefficient (Wildman–Crippen LogP) is 1.70. The third-order valence-electron chi connectivity index (χ3n) is 2.44. The van der Waals surface area contributed by atoms with Gasteiger partial charge in [0.25, 0.3) is 0 Å². The Morgan fingerprint density at radius 3 is 2.94 bits per heavy atom. The van der Waals surface area contributed by atoms with E-state index in [2.05, 4.69) is 15.3 Å². The van der Waals surface area contributed by atoms with Crippen LogP contribution in [-0.2, 0) is 4.74 Å². The summed E-state index contributed by atoms with van der Waals surface area (Å²) < 4.78 is 4.85. The van der Waals surface area contributed by atoms with Crippen molar-refractivity contribution in [2.75, 3.05) is 25.6 Å². The maximum atomic E-state index is 9.59. The molecule has 1 aromatic carbocycles. The minimum atomic E-state index is -0.595. The van der Waals surface area contributed by atoms with Gasteiger partial charge in [0.15, 0.2) is 0 Å². The van der Waals surface area contributed by atoms with Gasteiger partial charge in [-0.25, -0.2) is 9.97 Å². The number of hydrogen-bond donors (Lipinski definition) is 2. The zero-order valence-electron chi connectivity index (χ0n) is 9.93. The first-order chi connectivity index (χ1) is 8.70. The van der Waals surface area contributed by atoms with Crippen molar-refractivity contribution in [2.24, 2.45) is 0 Å². The maximum Gasteiger partial charge on any atom is 0.224 e. The van der Waals surface area contributed by atoms with E-state index in [1.165, 1.54) is 0 Å². The molecule has 2 N–H and O–H groups in total. The number of methoxy groups -OCH3 is 1. The molecule has 2 rings (SSSR count). The fourth-order valence-electron chi connectivity index (χ4n) is 1.65. The van der Waals surface area contributed by atoms with Crippen LogP contribution in [0.15, 0.2) is 24.3 Å². The van der Waals surface area contributed by atoms with Crippen molar-refractivity contribution in [1.29, 1.82) is 0 Å². The van der Waals surface area contributed by atoms with Gasteiger partial charge in [-0.1, -0.05) is 12.1 Å². The van der Waals surface area contributed by atoms with Gasteiger partial charge in [0.1, 0.15) is 5.82 Å². The minimum absolute atomic E-state index is 0.178. The average Bonchev–Trinajstić information content (AvgIpc) is 2.36. The average molecular weight is 268 g/mol. The molecule has 0 radical (unpaired) electrons. The Morgan fingerprint density at radius 1 is 1.39 bits per heavy atom. The standard InChI is InChI=1S/C12H14ClN3O2/c1-18-7-8(17)6-14-11-9-4-2-3-5-10(9)15-12(13)16-11/h2-5,8,17H,6-7H2,1H3,(H,14,15,16). The minimum Gasteiger partial charge on any atom is -0.389 e. The van der Waals surface area contributed by atoms with E-state index in [-0.39, 0.29) is 11.9 Å². The van der Waals surface area contributed by atoms with E-state index < -0.39 is 6.10 Å². The molecule has 0 amide bonds. The summed E-state index contributed by atoms with van der Waals surface area (Å²) >= 11 is 5.85. The molecule has 0 spiro atoms. The molecular weight excluding hydrogens is 254 g/mol. The highest BCUT2D eigenvalue weighted by Gasteiger charge is 2.08. The van der Waals surface area contributed by atoms with Gasteiger partial charge in [-0.2, -0.15) is 0 Å². The van der Waals surface area contributed by atoms with Crippen LogP contribution in [0.5, 0.6) is 0 Å². The number of ether oxygens (including phenoxy) is 1. The highest BCUT2D eigenvalue weighted by molar-refractivity contribution is 6.28. The highest BCUT2D eigenvalue weighted by atomic mass is 35.5. The molecule has 0 aliphatic rings. The van der Waals surface area contributed by atoms with E-state index >= 15 is 0 Å². The van der Waals surface area contributed by atoms with Gasteiger partial charge in [-0.15, -0.1) is 0 Å². The third-order valence-corrected chi connectivity index (χ3v) is 2.61. The Bertz CT molecular complexity index is 536. The van der Waals surface area contributed by atoms with Crippen molar-refractivity contribution < 1.29 is 9.84 Å². The maximum absolute atomic E-state index is 9.59. The van der Waals surface area contributed by atoms with Crippen LogP contribution in [0, 0.1) is 0 Å². The van der Waals surface area contributed by atoms with Gasteiger partial charge in [0, 0.05) is 19.0 Å². The molecule has 1 unspecified atom stereocenters. The SMILES string of the molecule is COCC(O)CNc1nc(Cl)nc2ccccc12. The van der Waals surface area contributed by atoms with Crippen molar-refractivity contribution in [1.82, 2.24) is 9.97 Å². The lowest BCUT2D eigenvalue weighted by Gasteiger charge is -2.12. The Hall–Kier alpha value is -1.43. The quantitative estimate of drug-likeness (QED) is 0.807. The number of aliphatic hydroxyl groups excluding tert-OH is 1. The topological polar surface area (TPSA) is 67.3 Å². The van der Waals surface area contributed by atoms with E-state index in [4.69, 9.17) is 16.3 Å². The van der Waals surface area contributed by atoms with Gasteiger partial charge >= 0.3 is 0 Å². The third kappa shape index (κ3) is 3.07. The summed E-state index contributed by atoms with van der Waals surface area (Å²) in [5.74, 6) is 0.612. The van der Waals surface area contributed by atoms with Crippen LogP contribution in [0.25, 0.3) is 10.9 Å². The number of hydrogen-bond acceptors (Lipinski definition) is 5. The van der Waals surface area contributed by atoms with Crippen molar-refractivity contribution in [3.05, 3.63) is 29.5 Å². The molecule has 1 aromatic heterocycles. The van der Waals surface area contributed by atoms with Crippen molar-refractivity contribution in [2.45, 2.75) is 6.10 Å². The zero-order valence-corrected chi connectivity index (χ0v) is 10.7. The number of nitrogens with zero attached hydrogens (tertiary/aromatic N) is 2. The number of para-hydroxylation sites is 1. The summed E-state index contributed by atoms with van der Waals surface area (Å²) in [6.07, 6.45) is -0.595. The van der Waals surface area contributed by atoms with Gasteiger partial charge in [0.05, 0.1) is 18.2 Å². The van der Waals surface area contributed by atoms with Crippen LogP contribution in [0.4, 0.5) is 5.82 Å². The normalized spacial score (nSPS) is 12.6. The largest absolute Gasteiger partial charge is 0.389 e. The molecule has 0 bridgehead atoms. The van der Waals surface area contributed by atoms with Gasteiger partial charge in [0.2, 0.25) is 5.28 Å². The smallest absolute Gasteiger partial charge is 0.224 e. The second kappa shape index (κ2) is 5.95. The number of anilines is 1. The summed E-state index contributed by atoms with van der Waals surface area (Å²) in [4.78, 5) is 8.25. The Kier molecular flexibility index (Phi) is 4.30. The number of aromatic nitrogens is 2. The first-order valence-electron chi connectivity index (χ1n) is 5.54. The van der Waals surface area contributed by atoms with Crippen LogP contribution in [0.3, 0.4) is 0 Å². The summed E-state index contributed by atoms with van der Waals surface area (Å²) in [5.41, 5.74) is 0.765. The highest BCUT2D eigenvalue weighted by Crippen LogP contribution is 2.21. The van der Waals surface area contributed by atoms with Crippen LogP contribution >= 0.6 is 11.6 Å². The number of rotatable bonds is 5. The molecule has 1 heterocycles. The van der Waals surface area contributed by atoms with Crippen LogP contribution in [-0.4, -0.2) is 41.4 Å². The van der Waals surface area contributed by atoms with E-state index in [0.717, 1.165) is 10.9 Å². The van der Waals surface area contributed by atoms with E-state index in [1.54, 1.807) is 7.11 Å². The fraction of sp³-hybridized carbons (Fsp3) is 0.333. The molecule has 0 saturated heterocycles. The Balaban J connectivity index is 2.21. The fourth-order valence-corrected chi connectivity index (χ4v) is 1.82. The molecule has 0 aliphatic heterocycles. The monoisotopic (exact) mass is 267 g/mol. The van der Waals surface area contributed by atoms with Gasteiger partial charge in [-0.05, 0) is 23.7 Å². The number of benzene rings is 1. The summed E-state index contributed by atoms with van der Waals surface area (Å²) in [5, 5.41) is 13.7. The molecule has 6 heteroatoms. The summed E-state index contributed by atoms with van der Waals surface area (Å²) in [6, 6.07) is 7.54. The lowest BCUT2D eigenvalue weighted by molar-refractivity contribution is 0.0727. The van der Waals surface area contributed by atoms with Crippen LogP contribution in [0.1, 0.15) is 0 Å². The van der Waals surface area contributed by atoms with Crippen LogP contribution < -0.4 is 5.32 Å². The Labute approximate surface area is 110 Å². The van der Waals surface area contributed by atoms with Crippen molar-refractivity contribution in [3.63, 3.8) is 0 Å². The van der Waals surface area contributed by atoms with Crippen molar-refractivity contribution in [3.8, 4) is 0 Å². The molecule has 1 atom stereocenters. The van der Waals surface area contributed by atoms with Gasteiger partial charge in [-0.3, -0.25) is 0 Å². The van der Waals surface area contributed by atoms with E-state index in [0.29, 0.717) is 12.4 Å². The molecule has 96 valence electrons. The van der Waals surface area contributed by atoms with Gasteiger partial charge < -0.3 is 15.2 Å². The molecule has 5 nitrogen and oxygen atoms in total. The first-order valence-corrected chi connectivity index (χ1v) is 5.91. The summed E-state index contributed by atoms with van der Waals surface area (Å²) in [6.45, 7) is 0.606. The second-order valence-corrected chi connectivity index (χ2v) is 4.19. The molecule has 18 heavy (non-hydrogen) atoms. The Morgan fingerprint density at radius 2 is 2.17 bits per heavy atom. The number of nitrogens with one attached hydrogen (secondary N) is 1. The van der Waals surface area contributed by atoms with Crippen molar-refractivity contribution >= 4 is 28.3 Å². The zero-order chi connectivity index (χ0) is 13.0. The van der Waals surface area contributed by atoms with Crippen LogP contribution in [0.2, 0.25) is 5.28 Å². The lowest BCUT2D eigenvalue weighted by atomic mass is 10.2. The predicted molar refractivity (Wildman–Crippen MR) is 70.9 cm³/mol. The summed E-state index contributed by atoms with van der Waals surface area (Å²) in [7, 11) is 1.54. The number of fused-ring (bicyclic) bond motifs is 1. The first kappa shape index (κ1) is 13.0. The molecule has 0 aliphatic carbocycles. The molecular formula is C12H14ClN3O2. The van der Waals surface area contributed by atoms with E-state index in [1.807, 2.05) is 24.3 Å². The molecule has 2 aromatic rings. The molecule has 0 fully saturated rings. The second-order valence-electron chi connectivity index (χ2n) is 3.85. The van der Waals surface area contributed by atoms with E-state index in [9.17, 15) is 5.11 Å². The lowest BCUT2D eigenvalue weighted by Crippen LogP contribution is -2.24. The number of aliphatic hydroxyl groups is 1. The number of halogens is 1. The molecule has 0 saturated carbocycles.